The molecule has 0 spiro atoms. The van der Waals surface area contributed by atoms with Gasteiger partial charge in [-0.15, -0.1) is 0 Å². The minimum absolute atomic E-state index is 0.129. The van der Waals surface area contributed by atoms with Gasteiger partial charge in [0.1, 0.15) is 5.75 Å². The van der Waals surface area contributed by atoms with Gasteiger partial charge in [0, 0.05) is 0 Å². The Morgan fingerprint density at radius 2 is 1.44 bits per heavy atom. The Kier molecular flexibility index (Phi) is 4.13. The van der Waals surface area contributed by atoms with E-state index in [0.717, 1.165) is 17.1 Å². The normalized spacial score (nSPS) is 16.3. The number of rotatable bonds is 4. The van der Waals surface area contributed by atoms with E-state index in [1.165, 1.54) is 11.1 Å². The predicted octanol–water partition coefficient (Wildman–Crippen LogP) is 4.80. The second-order valence-electron chi connectivity index (χ2n) is 5.98. The lowest BCUT2D eigenvalue weighted by atomic mass is 10.0. The molecule has 3 aromatic carbocycles. The van der Waals surface area contributed by atoms with Crippen molar-refractivity contribution in [3.63, 3.8) is 0 Å². The summed E-state index contributed by atoms with van der Waals surface area (Å²) in [7, 11) is 1.69. The SMILES string of the molecule is COc1ccc(N2NC(c3ccccc3)=CC2c2ccccc2)cc1. The van der Waals surface area contributed by atoms with Crippen LogP contribution in [0.4, 0.5) is 5.69 Å². The maximum atomic E-state index is 5.28. The van der Waals surface area contributed by atoms with Gasteiger partial charge in [-0.05, 0) is 41.5 Å². The Morgan fingerprint density at radius 1 is 0.800 bits per heavy atom. The Labute approximate surface area is 148 Å². The van der Waals surface area contributed by atoms with Crippen molar-refractivity contribution in [2.45, 2.75) is 6.04 Å². The van der Waals surface area contributed by atoms with Gasteiger partial charge in [-0.1, -0.05) is 60.7 Å². The van der Waals surface area contributed by atoms with Crippen LogP contribution in [0.15, 0.2) is 91.0 Å². The van der Waals surface area contributed by atoms with Crippen LogP contribution in [0, 0.1) is 0 Å². The van der Waals surface area contributed by atoms with Crippen molar-refractivity contribution in [2.75, 3.05) is 12.1 Å². The molecule has 1 atom stereocenters. The Balaban J connectivity index is 1.72. The van der Waals surface area contributed by atoms with Gasteiger partial charge in [0.15, 0.2) is 0 Å². The number of hydrogen-bond acceptors (Lipinski definition) is 3. The van der Waals surface area contributed by atoms with Crippen LogP contribution in [0.5, 0.6) is 5.75 Å². The largest absolute Gasteiger partial charge is 0.497 e. The number of anilines is 1. The fourth-order valence-corrected chi connectivity index (χ4v) is 3.11. The zero-order valence-electron chi connectivity index (χ0n) is 14.1. The van der Waals surface area contributed by atoms with Crippen molar-refractivity contribution in [1.29, 1.82) is 0 Å². The molecule has 0 saturated carbocycles. The van der Waals surface area contributed by atoms with Gasteiger partial charge < -0.3 is 4.74 Å². The molecule has 0 aromatic heterocycles. The predicted molar refractivity (Wildman–Crippen MR) is 102 cm³/mol. The molecule has 3 nitrogen and oxygen atoms in total. The van der Waals surface area contributed by atoms with E-state index in [2.05, 4.69) is 77.2 Å². The first kappa shape index (κ1) is 15.3. The molecule has 0 saturated heterocycles. The van der Waals surface area contributed by atoms with Crippen LogP contribution in [-0.4, -0.2) is 7.11 Å². The molecule has 4 rings (SSSR count). The number of ether oxygens (including phenoxy) is 1. The summed E-state index contributed by atoms with van der Waals surface area (Å²) in [6.45, 7) is 0. The van der Waals surface area contributed by atoms with E-state index in [1.807, 2.05) is 24.3 Å². The summed E-state index contributed by atoms with van der Waals surface area (Å²) in [5.41, 5.74) is 8.20. The summed E-state index contributed by atoms with van der Waals surface area (Å²) in [5, 5.41) is 2.19. The zero-order chi connectivity index (χ0) is 17.1. The Bertz CT molecular complexity index is 858. The van der Waals surface area contributed by atoms with Crippen molar-refractivity contribution in [1.82, 2.24) is 5.43 Å². The van der Waals surface area contributed by atoms with Gasteiger partial charge in [0.05, 0.1) is 24.5 Å². The smallest absolute Gasteiger partial charge is 0.119 e. The zero-order valence-corrected chi connectivity index (χ0v) is 14.1. The average molecular weight is 328 g/mol. The van der Waals surface area contributed by atoms with Crippen LogP contribution >= 0.6 is 0 Å². The third-order valence-corrected chi connectivity index (χ3v) is 4.42. The second-order valence-corrected chi connectivity index (χ2v) is 5.98. The van der Waals surface area contributed by atoms with E-state index >= 15 is 0 Å². The fourth-order valence-electron chi connectivity index (χ4n) is 3.11. The van der Waals surface area contributed by atoms with Crippen LogP contribution in [0.25, 0.3) is 5.70 Å². The van der Waals surface area contributed by atoms with Gasteiger partial charge in [0.2, 0.25) is 0 Å². The van der Waals surface area contributed by atoms with Crippen LogP contribution in [0.3, 0.4) is 0 Å². The van der Waals surface area contributed by atoms with Crippen molar-refractivity contribution in [3.05, 3.63) is 102 Å². The lowest BCUT2D eigenvalue weighted by molar-refractivity contribution is 0.415. The summed E-state index contributed by atoms with van der Waals surface area (Å²) in [5.74, 6) is 0.857. The van der Waals surface area contributed by atoms with E-state index in [4.69, 9.17) is 4.74 Å². The molecule has 1 aliphatic heterocycles. The number of nitrogens with zero attached hydrogens (tertiary/aromatic N) is 1. The second kappa shape index (κ2) is 6.73. The molecule has 3 aromatic rings. The van der Waals surface area contributed by atoms with Crippen molar-refractivity contribution in [3.8, 4) is 5.75 Å². The monoisotopic (exact) mass is 328 g/mol. The highest BCUT2D eigenvalue weighted by Crippen LogP contribution is 2.35. The van der Waals surface area contributed by atoms with E-state index in [0.29, 0.717) is 0 Å². The van der Waals surface area contributed by atoms with Gasteiger partial charge >= 0.3 is 0 Å². The molecule has 1 heterocycles. The first-order valence-corrected chi connectivity index (χ1v) is 8.37. The topological polar surface area (TPSA) is 24.5 Å². The summed E-state index contributed by atoms with van der Waals surface area (Å²) >= 11 is 0. The van der Waals surface area contributed by atoms with Crippen molar-refractivity contribution >= 4 is 11.4 Å². The highest BCUT2D eigenvalue weighted by Gasteiger charge is 2.26. The van der Waals surface area contributed by atoms with Gasteiger partial charge in [0.25, 0.3) is 0 Å². The van der Waals surface area contributed by atoms with Crippen LogP contribution in [-0.2, 0) is 0 Å². The fraction of sp³-hybridized carbons (Fsp3) is 0.0909. The lowest BCUT2D eigenvalue weighted by Gasteiger charge is -2.27. The molecule has 0 fully saturated rings. The Hall–Kier alpha value is -3.20. The van der Waals surface area contributed by atoms with Crippen molar-refractivity contribution < 1.29 is 4.74 Å². The van der Waals surface area contributed by atoms with Gasteiger partial charge in [-0.25, -0.2) is 0 Å². The molecule has 0 radical (unpaired) electrons. The molecule has 3 heteroatoms. The van der Waals surface area contributed by atoms with E-state index in [-0.39, 0.29) is 6.04 Å². The maximum absolute atomic E-state index is 5.28. The summed E-state index contributed by atoms with van der Waals surface area (Å²) in [6.07, 6.45) is 2.27. The van der Waals surface area contributed by atoms with Crippen LogP contribution in [0.2, 0.25) is 0 Å². The quantitative estimate of drug-likeness (QED) is 0.744. The number of nitrogens with one attached hydrogen (secondary N) is 1. The third kappa shape index (κ3) is 3.09. The minimum atomic E-state index is 0.129. The number of benzene rings is 3. The first-order chi connectivity index (χ1) is 12.3. The first-order valence-electron chi connectivity index (χ1n) is 8.37. The summed E-state index contributed by atoms with van der Waals surface area (Å²) < 4.78 is 5.28. The van der Waals surface area contributed by atoms with Gasteiger partial charge in [-0.3, -0.25) is 10.4 Å². The van der Waals surface area contributed by atoms with Crippen LogP contribution in [0.1, 0.15) is 17.2 Å². The molecular formula is C22H20N2O. The van der Waals surface area contributed by atoms with E-state index in [9.17, 15) is 0 Å². The van der Waals surface area contributed by atoms with Crippen molar-refractivity contribution in [2.24, 2.45) is 0 Å². The van der Waals surface area contributed by atoms with E-state index < -0.39 is 0 Å². The van der Waals surface area contributed by atoms with E-state index in [1.54, 1.807) is 7.11 Å². The molecule has 1 N–H and O–H groups in total. The molecule has 25 heavy (non-hydrogen) atoms. The summed E-state index contributed by atoms with van der Waals surface area (Å²) in [4.78, 5) is 0. The highest BCUT2D eigenvalue weighted by atomic mass is 16.5. The average Bonchev–Trinajstić information content (AvgIpc) is 3.15. The number of hydrogen-bond donors (Lipinski definition) is 1. The highest BCUT2D eigenvalue weighted by molar-refractivity contribution is 5.72. The number of methoxy groups -OCH3 is 1. The molecule has 124 valence electrons. The lowest BCUT2D eigenvalue weighted by Crippen LogP contribution is -2.33. The molecule has 1 unspecified atom stereocenters. The van der Waals surface area contributed by atoms with Gasteiger partial charge in [-0.2, -0.15) is 0 Å². The molecule has 0 bridgehead atoms. The summed E-state index contributed by atoms with van der Waals surface area (Å²) in [6, 6.07) is 29.2. The maximum Gasteiger partial charge on any atom is 0.119 e. The Morgan fingerprint density at radius 3 is 2.08 bits per heavy atom. The molecular weight excluding hydrogens is 308 g/mol. The molecule has 1 aliphatic rings. The molecule has 0 amide bonds. The standard InChI is InChI=1S/C22H20N2O/c1-25-20-14-12-19(13-15-20)24-22(18-10-6-3-7-11-18)16-21(23-24)17-8-4-2-5-9-17/h2-16,22-23H,1H3. The minimum Gasteiger partial charge on any atom is -0.497 e. The molecule has 0 aliphatic carbocycles. The number of hydrazine groups is 1. The van der Waals surface area contributed by atoms with Crippen LogP contribution < -0.4 is 15.2 Å². The third-order valence-electron chi connectivity index (χ3n) is 4.42.